The Morgan fingerprint density at radius 2 is 2.08 bits per heavy atom. The third-order valence-corrected chi connectivity index (χ3v) is 6.00. The molecule has 3 aromatic rings. The van der Waals surface area contributed by atoms with Gasteiger partial charge in [-0.25, -0.2) is 14.4 Å². The summed E-state index contributed by atoms with van der Waals surface area (Å²) in [6.45, 7) is 2.14. The first-order chi connectivity index (χ1) is 17.4. The SMILES string of the molecule is Cc1nc(C(=O)NCc2ccc(F)c(OCCO)c2)cc(-c2nnn(C[C@H]3CC[C@H](C#N)CC3)n2)n1. The van der Waals surface area contributed by atoms with Crippen LogP contribution in [0.1, 0.15) is 47.6 Å². The molecule has 0 spiro atoms. The molecule has 1 saturated carbocycles. The summed E-state index contributed by atoms with van der Waals surface area (Å²) < 4.78 is 19.0. The molecule has 2 heterocycles. The molecule has 0 unspecified atom stereocenters. The van der Waals surface area contributed by atoms with Crippen molar-refractivity contribution in [2.45, 2.75) is 45.7 Å². The van der Waals surface area contributed by atoms with Crippen LogP contribution in [-0.4, -0.2) is 54.4 Å². The smallest absolute Gasteiger partial charge is 0.270 e. The number of hydrogen-bond acceptors (Lipinski definition) is 9. The lowest BCUT2D eigenvalue weighted by Crippen LogP contribution is -2.24. The van der Waals surface area contributed by atoms with E-state index in [1.165, 1.54) is 29.1 Å². The second-order valence-corrected chi connectivity index (χ2v) is 8.72. The van der Waals surface area contributed by atoms with Gasteiger partial charge in [0.1, 0.15) is 23.8 Å². The molecule has 12 heteroatoms. The van der Waals surface area contributed by atoms with E-state index in [4.69, 9.17) is 15.1 Å². The fourth-order valence-electron chi connectivity index (χ4n) is 4.12. The second kappa shape index (κ2) is 11.6. The van der Waals surface area contributed by atoms with Gasteiger partial charge in [-0.3, -0.25) is 4.79 Å². The topological polar surface area (TPSA) is 152 Å². The van der Waals surface area contributed by atoms with Gasteiger partial charge in [0.05, 0.1) is 19.2 Å². The summed E-state index contributed by atoms with van der Waals surface area (Å²) in [5.41, 5.74) is 1.15. The van der Waals surface area contributed by atoms with Crippen LogP contribution in [0.5, 0.6) is 5.75 Å². The average molecular weight is 495 g/mol. The number of nitrogens with one attached hydrogen (secondary N) is 1. The molecular weight excluding hydrogens is 467 g/mol. The minimum absolute atomic E-state index is 0.00299. The van der Waals surface area contributed by atoms with Crippen LogP contribution in [0.3, 0.4) is 0 Å². The van der Waals surface area contributed by atoms with E-state index in [0.29, 0.717) is 35.4 Å². The predicted octanol–water partition coefficient (Wildman–Crippen LogP) is 2.21. The zero-order valence-electron chi connectivity index (χ0n) is 19.9. The number of tetrazole rings is 1. The maximum Gasteiger partial charge on any atom is 0.270 e. The summed E-state index contributed by atoms with van der Waals surface area (Å²) in [4.78, 5) is 22.9. The van der Waals surface area contributed by atoms with Crippen molar-refractivity contribution in [2.24, 2.45) is 11.8 Å². The third-order valence-electron chi connectivity index (χ3n) is 6.00. The highest BCUT2D eigenvalue weighted by molar-refractivity contribution is 5.93. The van der Waals surface area contributed by atoms with Gasteiger partial charge in [0.2, 0.25) is 5.82 Å². The molecule has 0 aliphatic heterocycles. The lowest BCUT2D eigenvalue weighted by atomic mass is 9.83. The number of nitriles is 1. The van der Waals surface area contributed by atoms with Crippen molar-refractivity contribution >= 4 is 5.91 Å². The molecule has 11 nitrogen and oxygen atoms in total. The average Bonchev–Trinajstić information content (AvgIpc) is 3.36. The first-order valence-corrected chi connectivity index (χ1v) is 11.8. The Hall–Kier alpha value is -3.98. The first kappa shape index (κ1) is 25.1. The minimum Gasteiger partial charge on any atom is -0.488 e. The number of aromatic nitrogens is 6. The van der Waals surface area contributed by atoms with E-state index in [0.717, 1.165) is 25.7 Å². The van der Waals surface area contributed by atoms with Crippen LogP contribution in [-0.2, 0) is 13.1 Å². The molecule has 1 aromatic carbocycles. The largest absolute Gasteiger partial charge is 0.488 e. The van der Waals surface area contributed by atoms with Gasteiger partial charge in [-0.1, -0.05) is 6.07 Å². The van der Waals surface area contributed by atoms with Gasteiger partial charge in [-0.05, 0) is 67.5 Å². The molecular formula is C24H27FN8O3. The lowest BCUT2D eigenvalue weighted by molar-refractivity contribution is 0.0945. The Morgan fingerprint density at radius 3 is 2.83 bits per heavy atom. The highest BCUT2D eigenvalue weighted by atomic mass is 19.1. The quantitative estimate of drug-likeness (QED) is 0.456. The van der Waals surface area contributed by atoms with Crippen LogP contribution in [0.4, 0.5) is 4.39 Å². The molecule has 1 fully saturated rings. The molecule has 0 saturated heterocycles. The predicted molar refractivity (Wildman–Crippen MR) is 125 cm³/mol. The Kier molecular flexibility index (Phi) is 8.12. The van der Waals surface area contributed by atoms with Crippen LogP contribution in [0.25, 0.3) is 11.5 Å². The lowest BCUT2D eigenvalue weighted by Gasteiger charge is -2.23. The maximum absolute atomic E-state index is 13.8. The minimum atomic E-state index is -0.551. The van der Waals surface area contributed by atoms with E-state index in [1.807, 2.05) is 0 Å². The van der Waals surface area contributed by atoms with E-state index >= 15 is 0 Å². The van der Waals surface area contributed by atoms with Crippen molar-refractivity contribution in [3.63, 3.8) is 0 Å². The van der Waals surface area contributed by atoms with Gasteiger partial charge in [-0.2, -0.15) is 10.1 Å². The van der Waals surface area contributed by atoms with Crippen molar-refractivity contribution in [1.29, 1.82) is 5.26 Å². The number of ether oxygens (including phenoxy) is 1. The molecule has 4 rings (SSSR count). The van der Waals surface area contributed by atoms with Crippen LogP contribution in [0, 0.1) is 35.9 Å². The van der Waals surface area contributed by atoms with Crippen LogP contribution < -0.4 is 10.1 Å². The highest BCUT2D eigenvalue weighted by Crippen LogP contribution is 2.29. The molecule has 0 radical (unpaired) electrons. The molecule has 2 N–H and O–H groups in total. The van der Waals surface area contributed by atoms with Gasteiger partial charge < -0.3 is 15.2 Å². The van der Waals surface area contributed by atoms with E-state index in [1.54, 1.807) is 6.92 Å². The van der Waals surface area contributed by atoms with Crippen LogP contribution in [0.2, 0.25) is 0 Å². The van der Waals surface area contributed by atoms with Crippen molar-refractivity contribution in [3.05, 3.63) is 47.2 Å². The van der Waals surface area contributed by atoms with Crippen molar-refractivity contribution < 1.29 is 19.0 Å². The molecule has 0 atom stereocenters. The molecule has 36 heavy (non-hydrogen) atoms. The zero-order valence-corrected chi connectivity index (χ0v) is 19.9. The molecule has 2 aromatic heterocycles. The van der Waals surface area contributed by atoms with E-state index in [-0.39, 0.29) is 37.1 Å². The number of carbonyl (C=O) groups is 1. The molecule has 1 aliphatic rings. The number of carbonyl (C=O) groups excluding carboxylic acids is 1. The van der Waals surface area contributed by atoms with Gasteiger partial charge in [-0.15, -0.1) is 10.2 Å². The Bertz CT molecular complexity index is 1250. The summed E-state index contributed by atoms with van der Waals surface area (Å²) in [6.07, 6.45) is 3.69. The van der Waals surface area contributed by atoms with E-state index in [9.17, 15) is 9.18 Å². The Balaban J connectivity index is 1.40. The summed E-state index contributed by atoms with van der Waals surface area (Å²) in [6, 6.07) is 8.09. The molecule has 188 valence electrons. The number of nitrogens with zero attached hydrogens (tertiary/aromatic N) is 7. The Labute approximate surface area is 207 Å². The van der Waals surface area contributed by atoms with Crippen LogP contribution >= 0.6 is 0 Å². The number of halogens is 1. The van der Waals surface area contributed by atoms with Gasteiger partial charge >= 0.3 is 0 Å². The normalized spacial score (nSPS) is 17.4. The first-order valence-electron chi connectivity index (χ1n) is 11.8. The monoisotopic (exact) mass is 494 g/mol. The fraction of sp³-hybridized carbons (Fsp3) is 0.458. The van der Waals surface area contributed by atoms with Crippen molar-refractivity contribution in [1.82, 2.24) is 35.5 Å². The Morgan fingerprint density at radius 1 is 1.28 bits per heavy atom. The zero-order chi connectivity index (χ0) is 25.5. The van der Waals surface area contributed by atoms with Gasteiger partial charge in [0, 0.05) is 12.5 Å². The number of aryl methyl sites for hydroxylation is 1. The number of aliphatic hydroxyl groups is 1. The van der Waals surface area contributed by atoms with Gasteiger partial charge in [0.15, 0.2) is 11.6 Å². The van der Waals surface area contributed by atoms with Crippen LogP contribution in [0.15, 0.2) is 24.3 Å². The highest BCUT2D eigenvalue weighted by Gasteiger charge is 2.22. The summed E-state index contributed by atoms with van der Waals surface area (Å²) >= 11 is 0. The summed E-state index contributed by atoms with van der Waals surface area (Å²) in [5, 5.41) is 33.4. The number of hydrogen-bond donors (Lipinski definition) is 2. The number of rotatable bonds is 9. The van der Waals surface area contributed by atoms with E-state index in [2.05, 4.69) is 36.8 Å². The maximum atomic E-state index is 13.8. The van der Waals surface area contributed by atoms with E-state index < -0.39 is 11.7 Å². The van der Waals surface area contributed by atoms with Crippen molar-refractivity contribution in [2.75, 3.05) is 13.2 Å². The summed E-state index contributed by atoms with van der Waals surface area (Å²) in [7, 11) is 0. The second-order valence-electron chi connectivity index (χ2n) is 8.72. The standard InChI is InChI=1S/C24H27FN8O3/c1-15-28-20(23-30-32-33(31-23)14-17-4-2-16(12-26)3-5-17)11-21(29-15)24(35)27-13-18-6-7-19(25)22(10-18)36-9-8-34/h6-7,10-11,16-17,34H,2-5,8-9,13-14H2,1H3,(H,27,35)/t16-,17-. The molecule has 0 bridgehead atoms. The van der Waals surface area contributed by atoms with Gasteiger partial charge in [0.25, 0.3) is 5.91 Å². The molecule has 1 aliphatic carbocycles. The number of amides is 1. The van der Waals surface area contributed by atoms with Crippen molar-refractivity contribution in [3.8, 4) is 23.3 Å². The molecule has 1 amide bonds. The summed E-state index contributed by atoms with van der Waals surface area (Å²) in [5.74, 6) is 0.221. The fourth-order valence-corrected chi connectivity index (χ4v) is 4.12. The number of benzene rings is 1. The number of aliphatic hydroxyl groups excluding tert-OH is 1. The third kappa shape index (κ3) is 6.37.